The Morgan fingerprint density at radius 1 is 1.14 bits per heavy atom. The van der Waals surface area contributed by atoms with E-state index in [9.17, 15) is 19.8 Å². The van der Waals surface area contributed by atoms with E-state index in [1.165, 1.54) is 17.9 Å². The van der Waals surface area contributed by atoms with Crippen LogP contribution in [-0.2, 0) is 20.1 Å². The van der Waals surface area contributed by atoms with E-state index in [2.05, 4.69) is 4.98 Å². The van der Waals surface area contributed by atoms with Crippen molar-refractivity contribution in [2.45, 2.75) is 25.3 Å². The first-order valence-corrected chi connectivity index (χ1v) is 6.63. The van der Waals surface area contributed by atoms with Crippen molar-refractivity contribution in [3.63, 3.8) is 0 Å². The van der Waals surface area contributed by atoms with Crippen molar-refractivity contribution in [3.05, 3.63) is 27.2 Å². The number of rotatable bonds is 6. The maximum Gasteiger partial charge on any atom is 0.332 e. The van der Waals surface area contributed by atoms with E-state index < -0.39 is 36.7 Å². The highest BCUT2D eigenvalue weighted by Gasteiger charge is 2.19. The molecule has 2 unspecified atom stereocenters. The molecule has 0 fully saturated rings. The molecule has 2 aromatic rings. The molecule has 0 spiro atoms. The Bertz CT molecular complexity index is 776. The maximum atomic E-state index is 12.5. The fraction of sp³-hybridized carbons (Fsp3) is 0.583. The van der Waals surface area contributed by atoms with Crippen molar-refractivity contribution in [1.82, 2.24) is 18.7 Å². The summed E-state index contributed by atoms with van der Waals surface area (Å²) in [6, 6.07) is 0. The molecule has 2 rings (SSSR count). The van der Waals surface area contributed by atoms with E-state index in [0.29, 0.717) is 0 Å². The number of nitrogens with zero attached hydrogens (tertiary/aromatic N) is 4. The first kappa shape index (κ1) is 16.4. The Morgan fingerprint density at radius 3 is 2.32 bits per heavy atom. The topological polar surface area (TPSA) is 143 Å². The standard InChI is InChI=1S/C12H18N4O6/c1-14-10-9(15(6-13-10)2-7(19)4-17)11(21)16(12(14)22)3-8(20)5-18/h6-8,17-20H,2-5H2,1H3. The SMILES string of the molecule is Cn1c(=O)n(CC(O)CO)c(=O)c2c1ncn2CC(O)CO. The summed E-state index contributed by atoms with van der Waals surface area (Å²) in [4.78, 5) is 28.6. The predicted molar refractivity (Wildman–Crippen MR) is 75.4 cm³/mol. The van der Waals surface area contributed by atoms with Crippen molar-refractivity contribution in [1.29, 1.82) is 0 Å². The normalized spacial score (nSPS) is 14.4. The van der Waals surface area contributed by atoms with Crippen molar-refractivity contribution in [3.8, 4) is 0 Å². The van der Waals surface area contributed by atoms with Crippen LogP contribution in [0.5, 0.6) is 0 Å². The second-order valence-corrected chi connectivity index (χ2v) is 5.00. The van der Waals surface area contributed by atoms with E-state index in [4.69, 9.17) is 10.2 Å². The molecular weight excluding hydrogens is 296 g/mol. The highest BCUT2D eigenvalue weighted by molar-refractivity contribution is 5.69. The average Bonchev–Trinajstić information content (AvgIpc) is 2.92. The molecule has 10 nitrogen and oxygen atoms in total. The lowest BCUT2D eigenvalue weighted by atomic mass is 10.3. The van der Waals surface area contributed by atoms with E-state index >= 15 is 0 Å². The molecule has 22 heavy (non-hydrogen) atoms. The Hall–Kier alpha value is -2.01. The lowest BCUT2D eigenvalue weighted by Crippen LogP contribution is -2.43. The lowest BCUT2D eigenvalue weighted by molar-refractivity contribution is 0.0787. The third-order valence-electron chi connectivity index (χ3n) is 3.32. The number of fused-ring (bicyclic) bond motifs is 1. The first-order valence-electron chi connectivity index (χ1n) is 6.63. The quantitative estimate of drug-likeness (QED) is 0.435. The zero-order chi connectivity index (χ0) is 16.4. The molecule has 2 atom stereocenters. The van der Waals surface area contributed by atoms with Gasteiger partial charge in [0, 0.05) is 7.05 Å². The number of aryl methyl sites for hydroxylation is 1. The smallest absolute Gasteiger partial charge is 0.332 e. The number of aromatic nitrogens is 4. The van der Waals surface area contributed by atoms with Gasteiger partial charge in [0.15, 0.2) is 11.2 Å². The van der Waals surface area contributed by atoms with E-state index in [-0.39, 0.29) is 24.3 Å². The zero-order valence-corrected chi connectivity index (χ0v) is 12.0. The van der Waals surface area contributed by atoms with Gasteiger partial charge in [-0.25, -0.2) is 9.78 Å². The van der Waals surface area contributed by atoms with Crippen LogP contribution in [0.2, 0.25) is 0 Å². The summed E-state index contributed by atoms with van der Waals surface area (Å²) in [6.07, 6.45) is -1.04. The summed E-state index contributed by atoms with van der Waals surface area (Å²) >= 11 is 0. The third kappa shape index (κ3) is 2.81. The van der Waals surface area contributed by atoms with E-state index in [0.717, 1.165) is 9.13 Å². The minimum atomic E-state index is -1.25. The van der Waals surface area contributed by atoms with Crippen LogP contribution < -0.4 is 11.2 Å². The monoisotopic (exact) mass is 314 g/mol. The van der Waals surface area contributed by atoms with Crippen molar-refractivity contribution < 1.29 is 20.4 Å². The van der Waals surface area contributed by atoms with Gasteiger partial charge >= 0.3 is 5.69 Å². The molecule has 0 saturated carbocycles. The number of aliphatic hydroxyl groups is 4. The molecule has 122 valence electrons. The maximum absolute atomic E-state index is 12.5. The van der Waals surface area contributed by atoms with Gasteiger partial charge in [0.05, 0.1) is 44.8 Å². The van der Waals surface area contributed by atoms with Gasteiger partial charge in [-0.2, -0.15) is 0 Å². The molecule has 0 aliphatic rings. The summed E-state index contributed by atoms with van der Waals surface area (Å²) < 4.78 is 3.27. The van der Waals surface area contributed by atoms with Gasteiger partial charge in [0.2, 0.25) is 0 Å². The molecule has 0 saturated heterocycles. The molecule has 2 aromatic heterocycles. The fourth-order valence-corrected chi connectivity index (χ4v) is 2.17. The van der Waals surface area contributed by atoms with Crippen molar-refractivity contribution in [2.75, 3.05) is 13.2 Å². The lowest BCUT2D eigenvalue weighted by Gasteiger charge is -2.13. The summed E-state index contributed by atoms with van der Waals surface area (Å²) in [7, 11) is 1.42. The van der Waals surface area contributed by atoms with Gasteiger partial charge < -0.3 is 25.0 Å². The van der Waals surface area contributed by atoms with Crippen LogP contribution in [0.25, 0.3) is 11.2 Å². The highest BCUT2D eigenvalue weighted by atomic mass is 16.3. The van der Waals surface area contributed by atoms with Crippen LogP contribution in [0.15, 0.2) is 15.9 Å². The molecule has 0 amide bonds. The second-order valence-electron chi connectivity index (χ2n) is 5.00. The summed E-state index contributed by atoms with van der Waals surface area (Å²) in [6.45, 7) is -1.49. The highest BCUT2D eigenvalue weighted by Crippen LogP contribution is 2.06. The Balaban J connectivity index is 2.65. The summed E-state index contributed by atoms with van der Waals surface area (Å²) in [5, 5.41) is 36.8. The van der Waals surface area contributed by atoms with Gasteiger partial charge in [-0.1, -0.05) is 0 Å². The number of aliphatic hydroxyl groups excluding tert-OH is 4. The number of imidazole rings is 1. The van der Waals surface area contributed by atoms with Crippen molar-refractivity contribution in [2.24, 2.45) is 7.05 Å². The molecule has 0 aromatic carbocycles. The van der Waals surface area contributed by atoms with Crippen LogP contribution in [-0.4, -0.2) is 64.5 Å². The molecule has 2 heterocycles. The van der Waals surface area contributed by atoms with E-state index in [1.54, 1.807) is 0 Å². The minimum Gasteiger partial charge on any atom is -0.394 e. The Labute approximate surface area is 124 Å². The van der Waals surface area contributed by atoms with E-state index in [1.807, 2.05) is 0 Å². The zero-order valence-electron chi connectivity index (χ0n) is 12.0. The van der Waals surface area contributed by atoms with Gasteiger partial charge in [0.1, 0.15) is 0 Å². The van der Waals surface area contributed by atoms with Gasteiger partial charge in [-0.15, -0.1) is 0 Å². The van der Waals surface area contributed by atoms with Gasteiger partial charge in [-0.05, 0) is 0 Å². The molecule has 4 N–H and O–H groups in total. The second kappa shape index (κ2) is 6.40. The van der Waals surface area contributed by atoms with Crippen LogP contribution in [0.3, 0.4) is 0 Å². The predicted octanol–water partition coefficient (Wildman–Crippen LogP) is -3.40. The molecule has 0 radical (unpaired) electrons. The first-order chi connectivity index (χ1) is 10.4. The number of hydrogen-bond acceptors (Lipinski definition) is 7. The van der Waals surface area contributed by atoms with Gasteiger partial charge in [0.25, 0.3) is 5.56 Å². The Kier molecular flexibility index (Phi) is 4.76. The summed E-state index contributed by atoms with van der Waals surface area (Å²) in [5.41, 5.74) is -1.15. The molecule has 0 aliphatic carbocycles. The summed E-state index contributed by atoms with van der Waals surface area (Å²) in [5.74, 6) is 0. The largest absolute Gasteiger partial charge is 0.394 e. The molecule has 10 heteroatoms. The van der Waals surface area contributed by atoms with Crippen molar-refractivity contribution >= 4 is 11.2 Å². The fourth-order valence-electron chi connectivity index (χ4n) is 2.17. The Morgan fingerprint density at radius 2 is 1.73 bits per heavy atom. The molecular formula is C12H18N4O6. The number of hydrogen-bond donors (Lipinski definition) is 4. The van der Waals surface area contributed by atoms with Crippen LogP contribution in [0.1, 0.15) is 0 Å². The molecule has 0 aliphatic heterocycles. The van der Waals surface area contributed by atoms with Gasteiger partial charge in [-0.3, -0.25) is 13.9 Å². The third-order valence-corrected chi connectivity index (χ3v) is 3.32. The van der Waals surface area contributed by atoms with Crippen LogP contribution >= 0.6 is 0 Å². The van der Waals surface area contributed by atoms with Crippen LogP contribution in [0.4, 0.5) is 0 Å². The minimum absolute atomic E-state index is 0.0665. The average molecular weight is 314 g/mol. The molecule has 0 bridgehead atoms. The van der Waals surface area contributed by atoms with Crippen LogP contribution in [0, 0.1) is 0 Å².